The van der Waals surface area contributed by atoms with E-state index >= 15 is 0 Å². The highest BCUT2D eigenvalue weighted by Gasteiger charge is 2.21. The van der Waals surface area contributed by atoms with Gasteiger partial charge in [0.2, 0.25) is 0 Å². The summed E-state index contributed by atoms with van der Waals surface area (Å²) in [6.07, 6.45) is 2.55. The molecular formula is C14H13NO3. The molecule has 1 aliphatic rings. The lowest BCUT2D eigenvalue weighted by Gasteiger charge is -2.17. The van der Waals surface area contributed by atoms with E-state index in [-0.39, 0.29) is 0 Å². The second-order valence-corrected chi connectivity index (χ2v) is 4.40. The molecule has 1 aliphatic heterocycles. The monoisotopic (exact) mass is 243 g/mol. The van der Waals surface area contributed by atoms with Gasteiger partial charge in [-0.15, -0.1) is 0 Å². The number of hydrogen-bond acceptors (Lipinski definition) is 3. The van der Waals surface area contributed by atoms with Crippen molar-refractivity contribution < 1.29 is 14.3 Å². The Balaban J connectivity index is 1.86. The molecule has 2 heterocycles. The lowest BCUT2D eigenvalue weighted by atomic mass is 10.1. The largest absolute Gasteiger partial charge is 0.478 e. The van der Waals surface area contributed by atoms with Crippen LogP contribution in [0.15, 0.2) is 41.0 Å². The molecule has 0 aliphatic carbocycles. The number of carboxylic acids is 1. The first-order chi connectivity index (χ1) is 8.74. The van der Waals surface area contributed by atoms with Gasteiger partial charge >= 0.3 is 5.97 Å². The van der Waals surface area contributed by atoms with Crippen molar-refractivity contribution in [3.63, 3.8) is 0 Å². The summed E-state index contributed by atoms with van der Waals surface area (Å²) < 4.78 is 5.34. The molecule has 2 aromatic rings. The predicted octanol–water partition coefficient (Wildman–Crippen LogP) is 2.54. The van der Waals surface area contributed by atoms with Gasteiger partial charge in [-0.05, 0) is 42.3 Å². The molecule has 0 amide bonds. The van der Waals surface area contributed by atoms with E-state index in [4.69, 9.17) is 9.52 Å². The Morgan fingerprint density at radius 1 is 1.39 bits per heavy atom. The average Bonchev–Trinajstić information content (AvgIpc) is 2.99. The van der Waals surface area contributed by atoms with Crippen LogP contribution in [0, 0.1) is 0 Å². The van der Waals surface area contributed by atoms with Gasteiger partial charge in [-0.1, -0.05) is 0 Å². The van der Waals surface area contributed by atoms with E-state index in [0.717, 1.165) is 36.5 Å². The summed E-state index contributed by atoms with van der Waals surface area (Å²) in [6.45, 7) is 1.63. The Hall–Kier alpha value is -2.23. The van der Waals surface area contributed by atoms with Gasteiger partial charge < -0.3 is 14.4 Å². The van der Waals surface area contributed by atoms with Gasteiger partial charge in [-0.25, -0.2) is 4.79 Å². The fraction of sp³-hybridized carbons (Fsp3) is 0.214. The van der Waals surface area contributed by atoms with Crippen LogP contribution < -0.4 is 4.90 Å². The minimum absolute atomic E-state index is 0.355. The molecule has 4 nitrogen and oxygen atoms in total. The van der Waals surface area contributed by atoms with Gasteiger partial charge in [0, 0.05) is 12.2 Å². The van der Waals surface area contributed by atoms with Gasteiger partial charge in [0.25, 0.3) is 0 Å². The van der Waals surface area contributed by atoms with Crippen LogP contribution in [0.25, 0.3) is 0 Å². The molecule has 0 saturated heterocycles. The number of furan rings is 1. The molecule has 0 bridgehead atoms. The number of aromatic carboxylic acids is 1. The summed E-state index contributed by atoms with van der Waals surface area (Å²) in [4.78, 5) is 13.1. The zero-order valence-electron chi connectivity index (χ0n) is 9.80. The van der Waals surface area contributed by atoms with Crippen LogP contribution in [0.3, 0.4) is 0 Å². The molecular weight excluding hydrogens is 230 g/mol. The molecule has 1 aromatic heterocycles. The Kier molecular flexibility index (Phi) is 2.55. The molecule has 1 N–H and O–H groups in total. The molecule has 92 valence electrons. The van der Waals surface area contributed by atoms with Gasteiger partial charge in [-0.3, -0.25) is 0 Å². The summed E-state index contributed by atoms with van der Waals surface area (Å²) in [5.74, 6) is 0.0486. The van der Waals surface area contributed by atoms with Crippen molar-refractivity contribution in [1.82, 2.24) is 0 Å². The Morgan fingerprint density at radius 3 is 3.00 bits per heavy atom. The molecule has 18 heavy (non-hydrogen) atoms. The third-order valence-electron chi connectivity index (χ3n) is 3.24. The number of carbonyl (C=O) groups is 1. The molecule has 3 rings (SSSR count). The third kappa shape index (κ3) is 1.86. The topological polar surface area (TPSA) is 53.7 Å². The van der Waals surface area contributed by atoms with Crippen LogP contribution >= 0.6 is 0 Å². The first-order valence-corrected chi connectivity index (χ1v) is 5.87. The first kappa shape index (κ1) is 10.9. The zero-order valence-corrected chi connectivity index (χ0v) is 9.80. The SMILES string of the molecule is O=C(O)c1ccc2c(c1)CCN2Cc1ccco1. The number of benzene rings is 1. The van der Waals surface area contributed by atoms with Gasteiger partial charge in [-0.2, -0.15) is 0 Å². The highest BCUT2D eigenvalue weighted by Crippen LogP contribution is 2.30. The predicted molar refractivity (Wildman–Crippen MR) is 66.9 cm³/mol. The van der Waals surface area contributed by atoms with Crippen LogP contribution in [-0.2, 0) is 13.0 Å². The second kappa shape index (κ2) is 4.22. The van der Waals surface area contributed by atoms with E-state index in [0.29, 0.717) is 5.56 Å². The standard InChI is InChI=1S/C14H13NO3/c16-14(17)11-3-4-13-10(8-11)5-6-15(13)9-12-2-1-7-18-12/h1-4,7-8H,5-6,9H2,(H,16,17). The molecule has 0 spiro atoms. The molecule has 0 radical (unpaired) electrons. The van der Waals surface area contributed by atoms with Gasteiger partial charge in [0.1, 0.15) is 5.76 Å². The maximum atomic E-state index is 10.9. The minimum atomic E-state index is -0.873. The van der Waals surface area contributed by atoms with Crippen LogP contribution in [0.4, 0.5) is 5.69 Å². The maximum Gasteiger partial charge on any atom is 0.335 e. The van der Waals surface area contributed by atoms with E-state index in [1.807, 2.05) is 18.2 Å². The van der Waals surface area contributed by atoms with E-state index < -0.39 is 5.97 Å². The highest BCUT2D eigenvalue weighted by atomic mass is 16.4. The fourth-order valence-corrected chi connectivity index (χ4v) is 2.36. The molecule has 0 fully saturated rings. The molecule has 0 saturated carbocycles. The number of hydrogen-bond donors (Lipinski definition) is 1. The Bertz CT molecular complexity index is 575. The van der Waals surface area contributed by atoms with Crippen molar-refractivity contribution in [2.45, 2.75) is 13.0 Å². The van der Waals surface area contributed by atoms with Crippen molar-refractivity contribution >= 4 is 11.7 Å². The minimum Gasteiger partial charge on any atom is -0.478 e. The quantitative estimate of drug-likeness (QED) is 0.900. The number of nitrogens with zero attached hydrogens (tertiary/aromatic N) is 1. The van der Waals surface area contributed by atoms with E-state index in [1.165, 1.54) is 0 Å². The van der Waals surface area contributed by atoms with Gasteiger partial charge in [0.15, 0.2) is 0 Å². The zero-order chi connectivity index (χ0) is 12.5. The normalized spacial score (nSPS) is 13.7. The smallest absolute Gasteiger partial charge is 0.335 e. The average molecular weight is 243 g/mol. The molecule has 1 aromatic carbocycles. The lowest BCUT2D eigenvalue weighted by Crippen LogP contribution is -2.19. The van der Waals surface area contributed by atoms with E-state index in [1.54, 1.807) is 18.4 Å². The number of anilines is 1. The van der Waals surface area contributed by atoms with Crippen molar-refractivity contribution in [3.8, 4) is 0 Å². The maximum absolute atomic E-state index is 10.9. The summed E-state index contributed by atoms with van der Waals surface area (Å²) in [5, 5.41) is 8.96. The Morgan fingerprint density at radius 2 is 2.28 bits per heavy atom. The van der Waals surface area contributed by atoms with Crippen molar-refractivity contribution in [1.29, 1.82) is 0 Å². The van der Waals surface area contributed by atoms with Crippen molar-refractivity contribution in [2.75, 3.05) is 11.4 Å². The van der Waals surface area contributed by atoms with Gasteiger partial charge in [0.05, 0.1) is 18.4 Å². The first-order valence-electron chi connectivity index (χ1n) is 5.87. The molecule has 0 unspecified atom stereocenters. The number of carboxylic acid groups (broad SMARTS) is 1. The summed E-state index contributed by atoms with van der Waals surface area (Å²) in [5.41, 5.74) is 2.56. The van der Waals surface area contributed by atoms with Crippen LogP contribution in [0.2, 0.25) is 0 Å². The number of rotatable bonds is 3. The van der Waals surface area contributed by atoms with E-state index in [2.05, 4.69) is 4.90 Å². The highest BCUT2D eigenvalue weighted by molar-refractivity contribution is 5.88. The molecule has 4 heteroatoms. The van der Waals surface area contributed by atoms with E-state index in [9.17, 15) is 4.79 Å². The number of fused-ring (bicyclic) bond motifs is 1. The van der Waals surface area contributed by atoms with Crippen LogP contribution in [0.5, 0.6) is 0 Å². The van der Waals surface area contributed by atoms with Crippen LogP contribution in [0.1, 0.15) is 21.7 Å². The lowest BCUT2D eigenvalue weighted by molar-refractivity contribution is 0.0697. The van der Waals surface area contributed by atoms with Crippen molar-refractivity contribution in [3.05, 3.63) is 53.5 Å². The summed E-state index contributed by atoms with van der Waals surface area (Å²) in [6, 6.07) is 9.12. The summed E-state index contributed by atoms with van der Waals surface area (Å²) in [7, 11) is 0. The Labute approximate surface area is 104 Å². The summed E-state index contributed by atoms with van der Waals surface area (Å²) >= 11 is 0. The van der Waals surface area contributed by atoms with Crippen molar-refractivity contribution in [2.24, 2.45) is 0 Å². The van der Waals surface area contributed by atoms with Crippen LogP contribution in [-0.4, -0.2) is 17.6 Å². The fourth-order valence-electron chi connectivity index (χ4n) is 2.36. The third-order valence-corrected chi connectivity index (χ3v) is 3.24. The molecule has 0 atom stereocenters. The second-order valence-electron chi connectivity index (χ2n) is 4.40.